The van der Waals surface area contributed by atoms with Gasteiger partial charge >= 0.3 is 0 Å². The zero-order valence-corrected chi connectivity index (χ0v) is 18.5. The topological polar surface area (TPSA) is 103 Å². The van der Waals surface area contributed by atoms with E-state index >= 15 is 0 Å². The average Bonchev–Trinajstić information content (AvgIpc) is 3.29. The normalized spacial score (nSPS) is 14.4. The van der Waals surface area contributed by atoms with Gasteiger partial charge in [0.15, 0.2) is 0 Å². The molecule has 2 aromatic carbocycles. The molecule has 3 aromatic rings. The highest BCUT2D eigenvalue weighted by Crippen LogP contribution is 2.24. The molecule has 170 valence electrons. The highest BCUT2D eigenvalue weighted by Gasteiger charge is 2.14. The maximum Gasteiger partial charge on any atom is 0.137 e. The van der Waals surface area contributed by atoms with Crippen LogP contribution in [0.15, 0.2) is 67.0 Å². The quantitative estimate of drug-likeness (QED) is 0.426. The van der Waals surface area contributed by atoms with Gasteiger partial charge in [0, 0.05) is 19.5 Å². The van der Waals surface area contributed by atoms with Gasteiger partial charge in [-0.15, -0.1) is 0 Å². The van der Waals surface area contributed by atoms with Gasteiger partial charge in [0.05, 0.1) is 25.3 Å². The number of aromatic nitrogens is 2. The van der Waals surface area contributed by atoms with E-state index in [0.29, 0.717) is 19.0 Å². The number of imidazole rings is 1. The summed E-state index contributed by atoms with van der Waals surface area (Å²) in [6.45, 7) is 2.43. The highest BCUT2D eigenvalue weighted by molar-refractivity contribution is 5.66. The Morgan fingerprint density at radius 1 is 1.06 bits per heavy atom. The molecule has 0 saturated heterocycles. The van der Waals surface area contributed by atoms with Crippen LogP contribution >= 0.6 is 0 Å². The Morgan fingerprint density at radius 3 is 2.31 bits per heavy atom. The molecule has 0 aliphatic heterocycles. The second-order valence-corrected chi connectivity index (χ2v) is 7.65. The van der Waals surface area contributed by atoms with Crippen LogP contribution in [0.3, 0.4) is 0 Å². The molecule has 0 radical (unpaired) electrons. The van der Waals surface area contributed by atoms with Crippen molar-refractivity contribution in [2.75, 3.05) is 26.9 Å². The number of methoxy groups -OCH3 is 1. The lowest BCUT2D eigenvalue weighted by Crippen LogP contribution is -2.32. The first-order chi connectivity index (χ1) is 15.5. The molecular weight excluding hydrogens is 406 g/mol. The summed E-state index contributed by atoms with van der Waals surface area (Å²) in [4.78, 5) is 4.17. The second-order valence-electron chi connectivity index (χ2n) is 7.65. The third-order valence-corrected chi connectivity index (χ3v) is 5.07. The maximum absolute atomic E-state index is 9.85. The first kappa shape index (κ1) is 23.7. The van der Waals surface area contributed by atoms with E-state index < -0.39 is 6.10 Å². The van der Waals surface area contributed by atoms with Gasteiger partial charge in [-0.25, -0.2) is 4.98 Å². The van der Waals surface area contributed by atoms with Gasteiger partial charge in [-0.2, -0.15) is 0 Å². The molecule has 3 rings (SSSR count). The van der Waals surface area contributed by atoms with Gasteiger partial charge in [-0.1, -0.05) is 48.6 Å². The van der Waals surface area contributed by atoms with Gasteiger partial charge in [0.2, 0.25) is 0 Å². The van der Waals surface area contributed by atoms with Crippen LogP contribution in [0.5, 0.6) is 5.75 Å². The minimum atomic E-state index is -0.703. The zero-order valence-electron chi connectivity index (χ0n) is 18.5. The molecule has 32 heavy (non-hydrogen) atoms. The molecule has 1 aromatic heterocycles. The third kappa shape index (κ3) is 6.27. The molecule has 0 amide bonds. The van der Waals surface area contributed by atoms with E-state index in [0.717, 1.165) is 22.4 Å². The molecule has 1 unspecified atom stereocenters. The Balaban J connectivity index is 1.63. The Hall–Kier alpha value is -2.97. The monoisotopic (exact) mass is 437 g/mol. The van der Waals surface area contributed by atoms with E-state index in [1.165, 1.54) is 0 Å². The van der Waals surface area contributed by atoms with Crippen LogP contribution in [-0.4, -0.2) is 52.7 Å². The number of hydrogen-bond donors (Lipinski definition) is 3. The zero-order chi connectivity index (χ0) is 22.9. The van der Waals surface area contributed by atoms with Crippen molar-refractivity contribution in [1.82, 2.24) is 9.55 Å². The standard InChI is InChI=1S/C25H31N3O4/c1-18(30)25-27-13-14-28(25)23(15-29)10-5-19-3-6-20(7-4-19)21-8-11-24(12-9-21)32-17-22(26)16-31-2/h3-14,18,22-23,29-30H,15-17,26H2,1-2H3/t18-,22-,23?/m0/s1. The number of ether oxygens (including phenoxy) is 2. The van der Waals surface area contributed by atoms with Gasteiger partial charge in [-0.05, 0) is 35.7 Å². The maximum atomic E-state index is 9.85. The Labute approximate surface area is 188 Å². The Bertz CT molecular complexity index is 981. The molecule has 0 fully saturated rings. The molecule has 7 nitrogen and oxygen atoms in total. The lowest BCUT2D eigenvalue weighted by Gasteiger charge is -2.16. The van der Waals surface area contributed by atoms with Gasteiger partial charge < -0.3 is 30.0 Å². The van der Waals surface area contributed by atoms with Crippen LogP contribution in [0.4, 0.5) is 0 Å². The molecule has 0 aliphatic rings. The van der Waals surface area contributed by atoms with Crippen molar-refractivity contribution in [2.45, 2.75) is 25.1 Å². The van der Waals surface area contributed by atoms with E-state index in [4.69, 9.17) is 15.2 Å². The van der Waals surface area contributed by atoms with Gasteiger partial charge in [-0.3, -0.25) is 0 Å². The minimum Gasteiger partial charge on any atom is -0.492 e. The lowest BCUT2D eigenvalue weighted by molar-refractivity contribution is 0.152. The van der Waals surface area contributed by atoms with E-state index in [-0.39, 0.29) is 18.7 Å². The first-order valence-corrected chi connectivity index (χ1v) is 10.6. The van der Waals surface area contributed by atoms with Crippen molar-refractivity contribution in [3.8, 4) is 16.9 Å². The van der Waals surface area contributed by atoms with Gasteiger partial charge in [0.1, 0.15) is 24.3 Å². The van der Waals surface area contributed by atoms with Crippen LogP contribution in [0.1, 0.15) is 30.5 Å². The van der Waals surface area contributed by atoms with Gasteiger partial charge in [0.25, 0.3) is 0 Å². The Kier molecular flexibility index (Phi) is 8.58. The van der Waals surface area contributed by atoms with Crippen LogP contribution in [-0.2, 0) is 4.74 Å². The van der Waals surface area contributed by atoms with E-state index in [9.17, 15) is 10.2 Å². The highest BCUT2D eigenvalue weighted by atomic mass is 16.5. The van der Waals surface area contributed by atoms with Crippen molar-refractivity contribution in [3.63, 3.8) is 0 Å². The minimum absolute atomic E-state index is 0.0878. The predicted octanol–water partition coefficient (Wildman–Crippen LogP) is 3.20. The van der Waals surface area contributed by atoms with Crippen LogP contribution in [0.25, 0.3) is 17.2 Å². The molecule has 0 aliphatic carbocycles. The molecule has 1 heterocycles. The average molecular weight is 438 g/mol. The number of hydrogen-bond acceptors (Lipinski definition) is 6. The summed E-state index contributed by atoms with van der Waals surface area (Å²) in [5, 5.41) is 19.6. The molecular formula is C25H31N3O4. The molecule has 4 N–H and O–H groups in total. The summed E-state index contributed by atoms with van der Waals surface area (Å²) >= 11 is 0. The van der Waals surface area contributed by atoms with E-state index in [1.807, 2.05) is 48.6 Å². The number of aliphatic hydroxyl groups is 2. The number of nitrogens with zero attached hydrogens (tertiary/aromatic N) is 2. The van der Waals surface area contributed by atoms with Crippen LogP contribution in [0, 0.1) is 0 Å². The van der Waals surface area contributed by atoms with Crippen molar-refractivity contribution < 1.29 is 19.7 Å². The van der Waals surface area contributed by atoms with E-state index in [1.54, 1.807) is 31.0 Å². The summed E-state index contributed by atoms with van der Waals surface area (Å²) in [5.74, 6) is 1.29. The molecule has 3 atom stereocenters. The number of rotatable bonds is 11. The SMILES string of the molecule is COC[C@H](N)COc1ccc(-c2ccc(C=CC(CO)n3ccnc3[C@H](C)O)cc2)cc1. The largest absolute Gasteiger partial charge is 0.492 e. The number of nitrogens with two attached hydrogens (primary N) is 1. The Morgan fingerprint density at radius 2 is 1.72 bits per heavy atom. The van der Waals surface area contributed by atoms with Crippen LogP contribution in [0.2, 0.25) is 0 Å². The number of aliphatic hydroxyl groups excluding tert-OH is 2. The van der Waals surface area contributed by atoms with Crippen molar-refractivity contribution in [1.29, 1.82) is 0 Å². The summed E-state index contributed by atoms with van der Waals surface area (Å²) in [6, 6.07) is 15.6. The molecule has 0 bridgehead atoms. The van der Waals surface area contributed by atoms with Crippen molar-refractivity contribution in [3.05, 3.63) is 78.4 Å². The van der Waals surface area contributed by atoms with Crippen molar-refractivity contribution in [2.24, 2.45) is 5.73 Å². The van der Waals surface area contributed by atoms with Crippen molar-refractivity contribution >= 4 is 6.08 Å². The molecule has 0 spiro atoms. The molecule has 7 heteroatoms. The third-order valence-electron chi connectivity index (χ3n) is 5.07. The first-order valence-electron chi connectivity index (χ1n) is 10.6. The van der Waals surface area contributed by atoms with E-state index in [2.05, 4.69) is 17.1 Å². The smallest absolute Gasteiger partial charge is 0.137 e. The lowest BCUT2D eigenvalue weighted by atomic mass is 10.0. The predicted molar refractivity (Wildman–Crippen MR) is 125 cm³/mol. The number of benzene rings is 2. The summed E-state index contributed by atoms with van der Waals surface area (Å²) in [7, 11) is 1.62. The van der Waals surface area contributed by atoms with Crippen LogP contribution < -0.4 is 10.5 Å². The summed E-state index contributed by atoms with van der Waals surface area (Å²) in [5.41, 5.74) is 9.07. The fraction of sp³-hybridized carbons (Fsp3) is 0.320. The molecule has 0 saturated carbocycles. The fourth-order valence-corrected chi connectivity index (χ4v) is 3.39. The summed E-state index contributed by atoms with van der Waals surface area (Å²) in [6.07, 6.45) is 6.54. The fourth-order valence-electron chi connectivity index (χ4n) is 3.39. The summed E-state index contributed by atoms with van der Waals surface area (Å²) < 4.78 is 12.5. The second kappa shape index (κ2) is 11.6.